The normalized spacial score (nSPS) is 11.4. The van der Waals surface area contributed by atoms with Gasteiger partial charge in [0.2, 0.25) is 0 Å². The first kappa shape index (κ1) is 15.9. The van der Waals surface area contributed by atoms with Crippen LogP contribution < -0.4 is 0 Å². The maximum atomic E-state index is 4.34. The first-order valence-corrected chi connectivity index (χ1v) is 8.96. The molecule has 4 aromatic rings. The standard InChI is InChI=1S/C22H17BrN2/c23-21-13-11-20(12-14-21)22(25-16-15-24-17-25,18-7-3-1-4-8-18)19-9-5-2-6-10-19/h1-17H. The highest BCUT2D eigenvalue weighted by atomic mass is 79.9. The van der Waals surface area contributed by atoms with Crippen molar-refractivity contribution < 1.29 is 0 Å². The topological polar surface area (TPSA) is 17.8 Å². The minimum Gasteiger partial charge on any atom is -0.319 e. The highest BCUT2D eigenvalue weighted by molar-refractivity contribution is 9.10. The second-order valence-electron chi connectivity index (χ2n) is 5.92. The van der Waals surface area contributed by atoms with Gasteiger partial charge in [-0.2, -0.15) is 0 Å². The van der Waals surface area contributed by atoms with Crippen molar-refractivity contribution in [3.05, 3.63) is 125 Å². The van der Waals surface area contributed by atoms with Gasteiger partial charge in [-0.3, -0.25) is 0 Å². The molecule has 3 heteroatoms. The summed E-state index contributed by atoms with van der Waals surface area (Å²) in [5, 5.41) is 0. The molecule has 0 bridgehead atoms. The van der Waals surface area contributed by atoms with Crippen molar-refractivity contribution in [3.8, 4) is 0 Å². The molecule has 0 fully saturated rings. The van der Waals surface area contributed by atoms with Crippen LogP contribution in [0.15, 0.2) is 108 Å². The van der Waals surface area contributed by atoms with E-state index in [0.29, 0.717) is 0 Å². The Morgan fingerprint density at radius 1 is 0.680 bits per heavy atom. The van der Waals surface area contributed by atoms with Crippen molar-refractivity contribution in [3.63, 3.8) is 0 Å². The van der Waals surface area contributed by atoms with E-state index in [1.165, 1.54) is 16.7 Å². The van der Waals surface area contributed by atoms with Crippen LogP contribution in [0, 0.1) is 0 Å². The lowest BCUT2D eigenvalue weighted by Crippen LogP contribution is -2.36. The molecule has 0 atom stereocenters. The molecule has 3 aromatic carbocycles. The first-order chi connectivity index (χ1) is 12.3. The molecule has 0 saturated carbocycles. The van der Waals surface area contributed by atoms with Gasteiger partial charge in [0.1, 0.15) is 5.54 Å². The average molecular weight is 389 g/mol. The van der Waals surface area contributed by atoms with E-state index in [1.807, 2.05) is 18.7 Å². The Bertz CT molecular complexity index is 891. The van der Waals surface area contributed by atoms with Crippen molar-refractivity contribution in [2.45, 2.75) is 5.54 Å². The Morgan fingerprint density at radius 2 is 1.20 bits per heavy atom. The van der Waals surface area contributed by atoms with Gasteiger partial charge >= 0.3 is 0 Å². The Balaban J connectivity index is 2.11. The summed E-state index contributed by atoms with van der Waals surface area (Å²) in [6, 6.07) is 29.7. The lowest BCUT2D eigenvalue weighted by Gasteiger charge is -2.37. The molecule has 0 spiro atoms. The molecular weight excluding hydrogens is 372 g/mol. The van der Waals surface area contributed by atoms with Gasteiger partial charge < -0.3 is 4.57 Å². The molecule has 25 heavy (non-hydrogen) atoms. The summed E-state index contributed by atoms with van der Waals surface area (Å²) in [7, 11) is 0. The predicted octanol–water partition coefficient (Wildman–Crippen LogP) is 5.49. The molecule has 0 aliphatic carbocycles. The van der Waals surface area contributed by atoms with E-state index in [0.717, 1.165) is 4.47 Å². The third-order valence-electron chi connectivity index (χ3n) is 4.54. The zero-order valence-corrected chi connectivity index (χ0v) is 15.2. The average Bonchev–Trinajstić information content (AvgIpc) is 3.21. The molecular formula is C22H17BrN2. The minimum atomic E-state index is -0.472. The van der Waals surface area contributed by atoms with Crippen molar-refractivity contribution in [2.75, 3.05) is 0 Å². The van der Waals surface area contributed by atoms with Crippen molar-refractivity contribution >= 4 is 15.9 Å². The molecule has 0 unspecified atom stereocenters. The van der Waals surface area contributed by atoms with Crippen molar-refractivity contribution in [1.82, 2.24) is 9.55 Å². The fraction of sp³-hybridized carbons (Fsp3) is 0.0455. The zero-order valence-electron chi connectivity index (χ0n) is 13.6. The van der Waals surface area contributed by atoms with Crippen molar-refractivity contribution in [2.24, 2.45) is 0 Å². The summed E-state index contributed by atoms with van der Waals surface area (Å²) in [5.41, 5.74) is 3.11. The van der Waals surface area contributed by atoms with E-state index in [2.05, 4.69) is 110 Å². The summed E-state index contributed by atoms with van der Waals surface area (Å²) >= 11 is 3.55. The van der Waals surface area contributed by atoms with Gasteiger partial charge in [0, 0.05) is 16.9 Å². The smallest absolute Gasteiger partial charge is 0.121 e. The van der Waals surface area contributed by atoms with Gasteiger partial charge in [-0.05, 0) is 28.8 Å². The van der Waals surface area contributed by atoms with Crippen LogP contribution >= 0.6 is 15.9 Å². The number of halogens is 1. The minimum absolute atomic E-state index is 0.472. The largest absolute Gasteiger partial charge is 0.319 e. The fourth-order valence-corrected chi connectivity index (χ4v) is 3.72. The lowest BCUT2D eigenvalue weighted by atomic mass is 9.77. The Labute approximate surface area is 155 Å². The van der Waals surface area contributed by atoms with E-state index in [9.17, 15) is 0 Å². The second kappa shape index (κ2) is 6.69. The quantitative estimate of drug-likeness (QED) is 0.423. The molecule has 122 valence electrons. The van der Waals surface area contributed by atoms with Gasteiger partial charge in [0.15, 0.2) is 0 Å². The van der Waals surface area contributed by atoms with E-state index in [-0.39, 0.29) is 0 Å². The Kier molecular flexibility index (Phi) is 4.24. The van der Waals surface area contributed by atoms with Gasteiger partial charge in [0.05, 0.1) is 6.33 Å². The Morgan fingerprint density at radius 3 is 1.68 bits per heavy atom. The first-order valence-electron chi connectivity index (χ1n) is 8.17. The number of benzene rings is 3. The third kappa shape index (κ3) is 2.71. The monoisotopic (exact) mass is 388 g/mol. The molecule has 4 rings (SSSR count). The summed E-state index contributed by atoms with van der Waals surface area (Å²) in [4.78, 5) is 4.34. The molecule has 0 aliphatic rings. The predicted molar refractivity (Wildman–Crippen MR) is 105 cm³/mol. The van der Waals surface area contributed by atoms with Gasteiger partial charge in [0.25, 0.3) is 0 Å². The van der Waals surface area contributed by atoms with Crippen LogP contribution in [0.25, 0.3) is 0 Å². The van der Waals surface area contributed by atoms with Crippen LogP contribution in [-0.4, -0.2) is 9.55 Å². The number of hydrogen-bond acceptors (Lipinski definition) is 1. The number of hydrogen-bond donors (Lipinski definition) is 0. The highest BCUT2D eigenvalue weighted by Crippen LogP contribution is 2.40. The summed E-state index contributed by atoms with van der Waals surface area (Å²) < 4.78 is 3.25. The van der Waals surface area contributed by atoms with Crippen LogP contribution in [0.1, 0.15) is 16.7 Å². The third-order valence-corrected chi connectivity index (χ3v) is 5.07. The van der Waals surface area contributed by atoms with E-state index in [4.69, 9.17) is 0 Å². The Hall–Kier alpha value is -2.65. The molecule has 2 nitrogen and oxygen atoms in total. The lowest BCUT2D eigenvalue weighted by molar-refractivity contribution is 0.514. The van der Waals surface area contributed by atoms with Gasteiger partial charge in [-0.25, -0.2) is 4.98 Å². The zero-order chi connectivity index (χ0) is 17.1. The van der Waals surface area contributed by atoms with E-state index >= 15 is 0 Å². The van der Waals surface area contributed by atoms with E-state index < -0.39 is 5.54 Å². The number of aromatic nitrogens is 2. The van der Waals surface area contributed by atoms with Crippen LogP contribution in [0.3, 0.4) is 0 Å². The molecule has 1 aromatic heterocycles. The second-order valence-corrected chi connectivity index (χ2v) is 6.83. The summed E-state index contributed by atoms with van der Waals surface area (Å²) in [6.45, 7) is 0. The number of nitrogens with zero attached hydrogens (tertiary/aromatic N) is 2. The van der Waals surface area contributed by atoms with Crippen LogP contribution in [0.4, 0.5) is 0 Å². The van der Waals surface area contributed by atoms with Crippen LogP contribution in [-0.2, 0) is 5.54 Å². The molecule has 1 heterocycles. The van der Waals surface area contributed by atoms with Gasteiger partial charge in [-0.1, -0.05) is 88.7 Å². The van der Waals surface area contributed by atoms with E-state index in [1.54, 1.807) is 0 Å². The maximum Gasteiger partial charge on any atom is 0.121 e. The molecule has 0 aliphatic heterocycles. The number of rotatable bonds is 4. The van der Waals surface area contributed by atoms with Crippen LogP contribution in [0.5, 0.6) is 0 Å². The van der Waals surface area contributed by atoms with Crippen LogP contribution in [0.2, 0.25) is 0 Å². The molecule has 0 radical (unpaired) electrons. The summed E-state index contributed by atoms with van der Waals surface area (Å²) in [5.74, 6) is 0. The van der Waals surface area contributed by atoms with Crippen molar-refractivity contribution in [1.29, 1.82) is 0 Å². The number of imidazole rings is 1. The molecule has 0 saturated heterocycles. The molecule has 0 amide bonds. The van der Waals surface area contributed by atoms with Gasteiger partial charge in [-0.15, -0.1) is 0 Å². The highest BCUT2D eigenvalue weighted by Gasteiger charge is 2.37. The summed E-state index contributed by atoms with van der Waals surface area (Å²) in [6.07, 6.45) is 5.75. The molecule has 0 N–H and O–H groups in total. The maximum absolute atomic E-state index is 4.34. The fourth-order valence-electron chi connectivity index (χ4n) is 3.45. The SMILES string of the molecule is Brc1ccc(C(c2ccccc2)(c2ccccc2)n2ccnc2)cc1.